The number of aromatic nitrogens is 1. The van der Waals surface area contributed by atoms with Gasteiger partial charge in [-0.15, -0.1) is 0 Å². The molecule has 0 spiro atoms. The third-order valence-electron chi connectivity index (χ3n) is 2.80. The number of aromatic carboxylic acids is 1. The van der Waals surface area contributed by atoms with Crippen molar-refractivity contribution < 1.29 is 23.1 Å². The topological polar surface area (TPSA) is 125 Å². The van der Waals surface area contributed by atoms with Crippen LogP contribution in [0.3, 0.4) is 0 Å². The summed E-state index contributed by atoms with van der Waals surface area (Å²) in [6, 6.07) is 2.24. The maximum absolute atomic E-state index is 12.0. The van der Waals surface area contributed by atoms with Crippen LogP contribution in [0.2, 0.25) is 0 Å². The molecule has 9 heteroatoms. The van der Waals surface area contributed by atoms with Crippen LogP contribution in [0.15, 0.2) is 23.4 Å². The number of carbonyl (C=O) groups excluding carboxylic acids is 1. The van der Waals surface area contributed by atoms with Gasteiger partial charge in [0.2, 0.25) is 5.91 Å². The van der Waals surface area contributed by atoms with Gasteiger partial charge < -0.3 is 10.4 Å². The average Bonchev–Trinajstić information content (AvgIpc) is 2.44. The summed E-state index contributed by atoms with van der Waals surface area (Å²) in [5, 5.41) is 10.9. The van der Waals surface area contributed by atoms with E-state index < -0.39 is 21.4 Å². The van der Waals surface area contributed by atoms with Crippen LogP contribution >= 0.6 is 0 Å². The first kappa shape index (κ1) is 17.1. The lowest BCUT2D eigenvalue weighted by molar-refractivity contribution is -0.128. The van der Waals surface area contributed by atoms with Crippen molar-refractivity contribution in [3.05, 3.63) is 23.9 Å². The SMILES string of the molecule is CNC(=O)C(C)(C)CNS(=O)(=O)c1ccc(C(=O)O)cn1. The van der Waals surface area contributed by atoms with Gasteiger partial charge in [0.25, 0.3) is 10.0 Å². The number of sulfonamides is 1. The molecule has 1 amide bonds. The largest absolute Gasteiger partial charge is 0.478 e. The minimum absolute atomic E-state index is 0.111. The molecule has 8 nitrogen and oxygen atoms in total. The number of rotatable bonds is 6. The molecule has 0 saturated carbocycles. The maximum atomic E-state index is 12.0. The molecule has 3 N–H and O–H groups in total. The second-order valence-corrected chi connectivity index (χ2v) is 6.69. The lowest BCUT2D eigenvalue weighted by atomic mass is 9.93. The number of amides is 1. The Morgan fingerprint density at radius 2 is 1.95 bits per heavy atom. The van der Waals surface area contributed by atoms with Crippen molar-refractivity contribution in [3.8, 4) is 0 Å². The third-order valence-corrected chi connectivity index (χ3v) is 4.12. The highest BCUT2D eigenvalue weighted by atomic mass is 32.2. The van der Waals surface area contributed by atoms with E-state index >= 15 is 0 Å². The Hall–Kier alpha value is -2.00. The van der Waals surface area contributed by atoms with Gasteiger partial charge >= 0.3 is 5.97 Å². The molecule has 0 aliphatic rings. The number of hydrogen-bond acceptors (Lipinski definition) is 5. The van der Waals surface area contributed by atoms with Gasteiger partial charge in [-0.05, 0) is 26.0 Å². The van der Waals surface area contributed by atoms with Crippen LogP contribution in [-0.4, -0.2) is 44.0 Å². The van der Waals surface area contributed by atoms with Gasteiger partial charge in [0.1, 0.15) is 0 Å². The Kier molecular flexibility index (Phi) is 5.02. The molecular formula is C12H17N3O5S. The molecule has 0 aliphatic heterocycles. The van der Waals surface area contributed by atoms with Crippen molar-refractivity contribution in [2.24, 2.45) is 5.41 Å². The molecule has 116 valence electrons. The number of nitrogens with zero attached hydrogens (tertiary/aromatic N) is 1. The van der Waals surface area contributed by atoms with Crippen molar-refractivity contribution in [2.75, 3.05) is 13.6 Å². The molecule has 0 aliphatic carbocycles. The molecule has 0 aromatic carbocycles. The highest BCUT2D eigenvalue weighted by molar-refractivity contribution is 7.89. The smallest absolute Gasteiger partial charge is 0.337 e. The van der Waals surface area contributed by atoms with Gasteiger partial charge in [0, 0.05) is 19.8 Å². The zero-order valence-electron chi connectivity index (χ0n) is 11.9. The number of carbonyl (C=O) groups is 2. The van der Waals surface area contributed by atoms with Gasteiger partial charge in [0.15, 0.2) is 5.03 Å². The fourth-order valence-corrected chi connectivity index (χ4v) is 2.57. The Morgan fingerprint density at radius 1 is 1.33 bits per heavy atom. The Morgan fingerprint density at radius 3 is 2.38 bits per heavy atom. The normalized spacial score (nSPS) is 12.0. The van der Waals surface area contributed by atoms with Crippen LogP contribution in [0.1, 0.15) is 24.2 Å². The fraction of sp³-hybridized carbons (Fsp3) is 0.417. The van der Waals surface area contributed by atoms with Gasteiger partial charge in [-0.1, -0.05) is 0 Å². The van der Waals surface area contributed by atoms with E-state index in [9.17, 15) is 18.0 Å². The number of hydrogen-bond donors (Lipinski definition) is 3. The molecule has 0 radical (unpaired) electrons. The molecule has 21 heavy (non-hydrogen) atoms. The minimum atomic E-state index is -3.91. The first-order valence-corrected chi connectivity index (χ1v) is 7.49. The van der Waals surface area contributed by atoms with Crippen molar-refractivity contribution in [1.29, 1.82) is 0 Å². The summed E-state index contributed by atoms with van der Waals surface area (Å²) >= 11 is 0. The van der Waals surface area contributed by atoms with Crippen molar-refractivity contribution in [3.63, 3.8) is 0 Å². The van der Waals surface area contributed by atoms with Gasteiger partial charge in [-0.25, -0.2) is 22.9 Å². The molecule has 0 unspecified atom stereocenters. The maximum Gasteiger partial charge on any atom is 0.337 e. The summed E-state index contributed by atoms with van der Waals surface area (Å²) < 4.78 is 26.3. The molecule has 0 atom stereocenters. The van der Waals surface area contributed by atoms with E-state index in [2.05, 4.69) is 15.0 Å². The van der Waals surface area contributed by atoms with Crippen LogP contribution in [0.25, 0.3) is 0 Å². The molecule has 1 rings (SSSR count). The van der Waals surface area contributed by atoms with Crippen LogP contribution in [0.4, 0.5) is 0 Å². The molecular weight excluding hydrogens is 298 g/mol. The molecule has 1 aromatic rings. The molecule has 0 saturated heterocycles. The second-order valence-electron chi connectivity index (χ2n) is 4.98. The summed E-state index contributed by atoms with van der Waals surface area (Å²) in [6.07, 6.45) is 0.959. The zero-order valence-corrected chi connectivity index (χ0v) is 12.7. The van der Waals surface area contributed by atoms with E-state index in [1.807, 2.05) is 0 Å². The lowest BCUT2D eigenvalue weighted by Crippen LogP contribution is -2.43. The highest BCUT2D eigenvalue weighted by Gasteiger charge is 2.29. The summed E-state index contributed by atoms with van der Waals surface area (Å²) in [6.45, 7) is 3.07. The van der Waals surface area contributed by atoms with Crippen molar-refractivity contribution in [1.82, 2.24) is 15.0 Å². The predicted octanol–water partition coefficient (Wildman–Crippen LogP) is -0.170. The number of pyridine rings is 1. The van der Waals surface area contributed by atoms with Gasteiger partial charge in [-0.2, -0.15) is 0 Å². The predicted molar refractivity (Wildman–Crippen MR) is 74.2 cm³/mol. The van der Waals surface area contributed by atoms with Crippen LogP contribution in [0, 0.1) is 5.41 Å². The van der Waals surface area contributed by atoms with E-state index in [1.54, 1.807) is 13.8 Å². The summed E-state index contributed by atoms with van der Waals surface area (Å²) in [5.74, 6) is -1.50. The molecule has 0 bridgehead atoms. The summed E-state index contributed by atoms with van der Waals surface area (Å²) in [5.41, 5.74) is -1.04. The zero-order chi connectivity index (χ0) is 16.3. The fourth-order valence-electron chi connectivity index (χ4n) is 1.43. The standard InChI is InChI=1S/C12H17N3O5S/c1-12(2,11(18)13-3)7-15-21(19,20)9-5-4-8(6-14-9)10(16)17/h4-6,15H,7H2,1-3H3,(H,13,18)(H,16,17). The number of carboxylic acid groups (broad SMARTS) is 1. The van der Waals surface area contributed by atoms with Gasteiger partial charge in [0.05, 0.1) is 11.0 Å². The first-order chi connectivity index (χ1) is 9.60. The third kappa shape index (κ3) is 4.23. The van der Waals surface area contributed by atoms with E-state index in [1.165, 1.54) is 7.05 Å². The summed E-state index contributed by atoms with van der Waals surface area (Å²) in [7, 11) is -2.45. The molecule has 1 aromatic heterocycles. The Balaban J connectivity index is 2.87. The van der Waals surface area contributed by atoms with Crippen LogP contribution in [-0.2, 0) is 14.8 Å². The summed E-state index contributed by atoms with van der Waals surface area (Å²) in [4.78, 5) is 25.9. The first-order valence-electron chi connectivity index (χ1n) is 6.01. The van der Waals surface area contributed by atoms with Crippen molar-refractivity contribution in [2.45, 2.75) is 18.9 Å². The second kappa shape index (κ2) is 6.19. The molecule has 0 fully saturated rings. The highest BCUT2D eigenvalue weighted by Crippen LogP contribution is 2.15. The van der Waals surface area contributed by atoms with E-state index in [0.717, 1.165) is 18.3 Å². The molecule has 1 heterocycles. The number of carboxylic acids is 1. The van der Waals surface area contributed by atoms with E-state index in [-0.39, 0.29) is 23.0 Å². The quantitative estimate of drug-likeness (QED) is 0.669. The van der Waals surface area contributed by atoms with Crippen molar-refractivity contribution >= 4 is 21.9 Å². The number of nitrogens with one attached hydrogen (secondary N) is 2. The average molecular weight is 315 g/mol. The van der Waals surface area contributed by atoms with E-state index in [4.69, 9.17) is 5.11 Å². The minimum Gasteiger partial charge on any atom is -0.478 e. The van der Waals surface area contributed by atoms with Crippen LogP contribution < -0.4 is 10.0 Å². The van der Waals surface area contributed by atoms with Gasteiger partial charge in [-0.3, -0.25) is 4.79 Å². The lowest BCUT2D eigenvalue weighted by Gasteiger charge is -2.22. The Labute approximate surface area is 122 Å². The Bertz CT molecular complexity index is 637. The van der Waals surface area contributed by atoms with E-state index in [0.29, 0.717) is 0 Å². The monoisotopic (exact) mass is 315 g/mol. The van der Waals surface area contributed by atoms with Crippen LogP contribution in [0.5, 0.6) is 0 Å².